The van der Waals surface area contributed by atoms with Crippen LogP contribution in [0.5, 0.6) is 0 Å². The average Bonchev–Trinajstić information content (AvgIpc) is 2.60. The molecule has 1 atom stereocenters. The van der Waals surface area contributed by atoms with Crippen LogP contribution in [0.4, 0.5) is 0 Å². The summed E-state index contributed by atoms with van der Waals surface area (Å²) in [4.78, 5) is 29.1. The van der Waals surface area contributed by atoms with E-state index in [0.717, 1.165) is 5.56 Å². The van der Waals surface area contributed by atoms with Crippen LogP contribution < -0.4 is 0 Å². The molecule has 2 amide bonds. The van der Waals surface area contributed by atoms with Crippen LogP contribution in [0.1, 0.15) is 19.4 Å². The Kier molecular flexibility index (Phi) is 4.87. The molecule has 1 aromatic rings. The van der Waals surface area contributed by atoms with Gasteiger partial charge in [0.05, 0.1) is 19.8 Å². The van der Waals surface area contributed by atoms with Crippen LogP contribution in [0, 0.1) is 0 Å². The highest BCUT2D eigenvalue weighted by molar-refractivity contribution is 5.93. The molecule has 0 N–H and O–H groups in total. The molecule has 1 aromatic carbocycles. The Hall–Kier alpha value is -1.92. The van der Waals surface area contributed by atoms with Gasteiger partial charge in [-0.15, -0.1) is 0 Å². The minimum Gasteiger partial charge on any atom is -0.376 e. The second-order valence-electron chi connectivity index (χ2n) is 6.70. The molecule has 0 aliphatic carbocycles. The minimum absolute atomic E-state index is 0.0392. The van der Waals surface area contributed by atoms with E-state index in [1.807, 2.05) is 35.2 Å². The Labute approximate surface area is 142 Å². The third kappa shape index (κ3) is 3.30. The number of piperazine rings is 1. The van der Waals surface area contributed by atoms with E-state index in [1.165, 1.54) is 0 Å². The number of benzene rings is 1. The maximum Gasteiger partial charge on any atom is 0.255 e. The smallest absolute Gasteiger partial charge is 0.255 e. The van der Waals surface area contributed by atoms with Crippen molar-refractivity contribution in [2.45, 2.75) is 32.0 Å². The van der Waals surface area contributed by atoms with E-state index in [4.69, 9.17) is 9.47 Å². The van der Waals surface area contributed by atoms with Crippen LogP contribution in [0.3, 0.4) is 0 Å². The summed E-state index contributed by atoms with van der Waals surface area (Å²) in [5.74, 6) is -0.199. The van der Waals surface area contributed by atoms with E-state index < -0.39 is 11.6 Å². The topological polar surface area (TPSA) is 59.1 Å². The number of amides is 2. The first-order chi connectivity index (χ1) is 11.5. The molecule has 0 spiro atoms. The van der Waals surface area contributed by atoms with Gasteiger partial charge in [0.2, 0.25) is 5.91 Å². The van der Waals surface area contributed by atoms with Crippen molar-refractivity contribution in [2.75, 3.05) is 32.9 Å². The van der Waals surface area contributed by atoms with Gasteiger partial charge in [-0.2, -0.15) is 0 Å². The number of ether oxygens (including phenoxy) is 2. The predicted octanol–water partition coefficient (Wildman–Crippen LogP) is 1.05. The molecule has 6 nitrogen and oxygen atoms in total. The fourth-order valence-corrected chi connectivity index (χ4v) is 3.25. The van der Waals surface area contributed by atoms with Crippen LogP contribution in [0.2, 0.25) is 0 Å². The van der Waals surface area contributed by atoms with E-state index in [1.54, 1.807) is 18.7 Å². The number of carbonyl (C=O) groups is 2. The van der Waals surface area contributed by atoms with Gasteiger partial charge < -0.3 is 19.3 Å². The second kappa shape index (κ2) is 6.91. The van der Waals surface area contributed by atoms with Crippen molar-refractivity contribution in [1.82, 2.24) is 9.80 Å². The maximum atomic E-state index is 12.9. The summed E-state index contributed by atoms with van der Waals surface area (Å²) >= 11 is 0. The van der Waals surface area contributed by atoms with Crippen LogP contribution in [0.25, 0.3) is 0 Å². The normalized spacial score (nSPS) is 24.1. The first-order valence-electron chi connectivity index (χ1n) is 8.34. The van der Waals surface area contributed by atoms with Crippen LogP contribution in [0.15, 0.2) is 30.3 Å². The van der Waals surface area contributed by atoms with Gasteiger partial charge >= 0.3 is 0 Å². The van der Waals surface area contributed by atoms with Gasteiger partial charge in [0, 0.05) is 19.6 Å². The van der Waals surface area contributed by atoms with Gasteiger partial charge in [0.1, 0.15) is 5.54 Å². The van der Waals surface area contributed by atoms with E-state index in [0.29, 0.717) is 32.8 Å². The summed E-state index contributed by atoms with van der Waals surface area (Å²) in [7, 11) is 0. The minimum atomic E-state index is -0.884. The van der Waals surface area contributed by atoms with Gasteiger partial charge in [0.25, 0.3) is 5.91 Å². The molecular weight excluding hydrogens is 308 g/mol. The van der Waals surface area contributed by atoms with Gasteiger partial charge in [-0.1, -0.05) is 30.3 Å². The lowest BCUT2D eigenvalue weighted by Gasteiger charge is -2.47. The van der Waals surface area contributed by atoms with Gasteiger partial charge in [0.15, 0.2) is 6.10 Å². The molecule has 0 saturated carbocycles. The summed E-state index contributed by atoms with van der Waals surface area (Å²) in [6.07, 6.45) is -0.605. The first kappa shape index (κ1) is 16.9. The molecule has 24 heavy (non-hydrogen) atoms. The lowest BCUT2D eigenvalue weighted by molar-refractivity contribution is -0.173. The quantitative estimate of drug-likeness (QED) is 0.830. The average molecular weight is 332 g/mol. The molecule has 0 bridgehead atoms. The molecule has 0 aromatic heterocycles. The Morgan fingerprint density at radius 1 is 1.21 bits per heavy atom. The van der Waals surface area contributed by atoms with E-state index >= 15 is 0 Å². The highest BCUT2D eigenvalue weighted by Crippen LogP contribution is 2.25. The fraction of sp³-hybridized carbons (Fsp3) is 0.556. The number of hydrogen-bond acceptors (Lipinski definition) is 4. The molecule has 2 fully saturated rings. The van der Waals surface area contributed by atoms with Crippen molar-refractivity contribution in [3.8, 4) is 0 Å². The maximum absolute atomic E-state index is 12.9. The standard InChI is InChI=1S/C18H24N2O4/c1-18(2)17(22)19(12-14-6-4-3-5-7-14)8-9-20(18)16(21)15-13-23-10-11-24-15/h3-7,15H,8-13H2,1-2H3. The van der Waals surface area contributed by atoms with E-state index in [9.17, 15) is 9.59 Å². The summed E-state index contributed by atoms with van der Waals surface area (Å²) in [5, 5.41) is 0. The van der Waals surface area contributed by atoms with Gasteiger partial charge in [-0.3, -0.25) is 9.59 Å². The molecule has 2 aliphatic rings. The van der Waals surface area contributed by atoms with Crippen LogP contribution >= 0.6 is 0 Å². The van der Waals surface area contributed by atoms with Gasteiger partial charge in [-0.05, 0) is 19.4 Å². The Morgan fingerprint density at radius 3 is 2.62 bits per heavy atom. The highest BCUT2D eigenvalue weighted by atomic mass is 16.6. The Balaban J connectivity index is 1.70. The lowest BCUT2D eigenvalue weighted by Crippen LogP contribution is -2.66. The predicted molar refractivity (Wildman–Crippen MR) is 88.2 cm³/mol. The summed E-state index contributed by atoms with van der Waals surface area (Å²) in [6, 6.07) is 9.89. The van der Waals surface area contributed by atoms with Crippen molar-refractivity contribution in [3.05, 3.63) is 35.9 Å². The van der Waals surface area contributed by atoms with Crippen molar-refractivity contribution in [3.63, 3.8) is 0 Å². The largest absolute Gasteiger partial charge is 0.376 e. The van der Waals surface area contributed by atoms with Crippen LogP contribution in [-0.4, -0.2) is 66.2 Å². The van der Waals surface area contributed by atoms with Crippen molar-refractivity contribution in [2.24, 2.45) is 0 Å². The van der Waals surface area contributed by atoms with E-state index in [2.05, 4.69) is 0 Å². The fourth-order valence-electron chi connectivity index (χ4n) is 3.25. The zero-order valence-corrected chi connectivity index (χ0v) is 14.2. The van der Waals surface area contributed by atoms with Crippen LogP contribution in [-0.2, 0) is 25.6 Å². The second-order valence-corrected chi connectivity index (χ2v) is 6.70. The van der Waals surface area contributed by atoms with E-state index in [-0.39, 0.29) is 18.4 Å². The summed E-state index contributed by atoms with van der Waals surface area (Å²) in [6.45, 7) is 6.38. The number of carbonyl (C=O) groups excluding carboxylic acids is 2. The SMILES string of the molecule is CC1(C)C(=O)N(Cc2ccccc2)CCN1C(=O)C1COCCO1. The van der Waals surface area contributed by atoms with Gasteiger partial charge in [-0.25, -0.2) is 0 Å². The third-order valence-corrected chi connectivity index (χ3v) is 4.65. The van der Waals surface area contributed by atoms with Crippen molar-refractivity contribution < 1.29 is 19.1 Å². The monoisotopic (exact) mass is 332 g/mol. The molecule has 6 heteroatoms. The first-order valence-corrected chi connectivity index (χ1v) is 8.34. The number of rotatable bonds is 3. The molecule has 3 rings (SSSR count). The van der Waals surface area contributed by atoms with Crippen molar-refractivity contribution in [1.29, 1.82) is 0 Å². The molecule has 0 radical (unpaired) electrons. The molecule has 1 unspecified atom stereocenters. The number of nitrogens with zero attached hydrogens (tertiary/aromatic N) is 2. The zero-order valence-electron chi connectivity index (χ0n) is 14.2. The van der Waals surface area contributed by atoms with Crippen molar-refractivity contribution >= 4 is 11.8 Å². The molecule has 2 aliphatic heterocycles. The Bertz CT molecular complexity index is 596. The molecular formula is C18H24N2O4. The summed E-state index contributed by atoms with van der Waals surface area (Å²) in [5.41, 5.74) is 0.204. The third-order valence-electron chi connectivity index (χ3n) is 4.65. The highest BCUT2D eigenvalue weighted by Gasteiger charge is 2.46. The molecule has 2 heterocycles. The Morgan fingerprint density at radius 2 is 1.96 bits per heavy atom. The lowest BCUT2D eigenvalue weighted by atomic mass is 9.96. The zero-order chi connectivity index (χ0) is 17.2. The molecule has 2 saturated heterocycles. The molecule has 130 valence electrons. The summed E-state index contributed by atoms with van der Waals surface area (Å²) < 4.78 is 10.8. The number of hydrogen-bond donors (Lipinski definition) is 0.